The third-order valence-corrected chi connectivity index (χ3v) is 3.93. The monoisotopic (exact) mass is 267 g/mol. The Morgan fingerprint density at radius 3 is 2.60 bits per heavy atom. The molecular weight excluding hydrogens is 244 g/mol. The van der Waals surface area contributed by atoms with Crippen LogP contribution >= 0.6 is 0 Å². The molecule has 2 nitrogen and oxygen atoms in total. The molecule has 20 heavy (non-hydrogen) atoms. The zero-order valence-corrected chi connectivity index (χ0v) is 12.2. The average molecular weight is 267 g/mol. The molecule has 3 rings (SSSR count). The maximum atomic E-state index is 7.89. The average Bonchev–Trinajstić information content (AvgIpc) is 2.88. The maximum absolute atomic E-state index is 7.89. The summed E-state index contributed by atoms with van der Waals surface area (Å²) in [5, 5.41) is 3.16. The number of fused-ring (bicyclic) bond motifs is 1. The van der Waals surface area contributed by atoms with Crippen LogP contribution in [0.25, 0.3) is 0 Å². The van der Waals surface area contributed by atoms with Gasteiger partial charge in [-0.2, -0.15) is 0 Å². The summed E-state index contributed by atoms with van der Waals surface area (Å²) in [6.07, 6.45) is 2.32. The lowest BCUT2D eigenvalue weighted by Gasteiger charge is -2.20. The second kappa shape index (κ2) is 5.68. The van der Waals surface area contributed by atoms with Gasteiger partial charge in [-0.3, -0.25) is 0 Å². The Morgan fingerprint density at radius 1 is 1.10 bits per heavy atom. The summed E-state index contributed by atoms with van der Waals surface area (Å²) in [5.41, 5.74) is 6.10. The highest BCUT2D eigenvalue weighted by molar-refractivity contribution is 5.64. The normalized spacial score (nSPS) is 17.7. The van der Waals surface area contributed by atoms with Crippen molar-refractivity contribution in [3.63, 3.8) is 0 Å². The van der Waals surface area contributed by atoms with Gasteiger partial charge >= 0.3 is 0 Å². The van der Waals surface area contributed by atoms with E-state index in [-0.39, 0.29) is 6.52 Å². The zero-order chi connectivity index (χ0) is 14.8. The van der Waals surface area contributed by atoms with E-state index < -0.39 is 0 Å². The van der Waals surface area contributed by atoms with E-state index in [0.717, 1.165) is 18.5 Å². The van der Waals surface area contributed by atoms with Gasteiger partial charge in [-0.1, -0.05) is 31.5 Å². The lowest BCUT2D eigenvalue weighted by atomic mass is 10.1. The van der Waals surface area contributed by atoms with Crippen LogP contribution in [-0.4, -0.2) is 7.05 Å². The van der Waals surface area contributed by atoms with Crippen molar-refractivity contribution >= 4 is 11.4 Å². The first kappa shape index (κ1) is 12.0. The molecule has 2 heteroatoms. The van der Waals surface area contributed by atoms with Crippen LogP contribution in [0.1, 0.15) is 31.4 Å². The molecule has 0 saturated carbocycles. The number of hydrogen-bond acceptors (Lipinski definition) is 2. The summed E-state index contributed by atoms with van der Waals surface area (Å²) in [6.45, 7) is 2.73. The molecule has 0 aliphatic carbocycles. The maximum Gasteiger partial charge on any atom is 0.0479 e. The lowest BCUT2D eigenvalue weighted by molar-refractivity contribution is 0.765. The standard InChI is InChI=1S/C18H22N2/c1-3-4-14-5-8-17(9-6-14)20(2)18-10-7-15-12-19-13-16(15)11-18/h5-11,19H,3-4,12-13H2,1-2H3/i12D. The van der Waals surface area contributed by atoms with Crippen molar-refractivity contribution in [1.29, 1.82) is 0 Å². The molecule has 2 aromatic rings. The highest BCUT2D eigenvalue weighted by atomic mass is 15.1. The number of hydrogen-bond donors (Lipinski definition) is 1. The van der Waals surface area contributed by atoms with Crippen LogP contribution in [0.4, 0.5) is 11.4 Å². The topological polar surface area (TPSA) is 15.3 Å². The molecule has 1 heterocycles. The Labute approximate surface area is 122 Å². The minimum absolute atomic E-state index is 0.271. The number of benzene rings is 2. The Balaban J connectivity index is 1.83. The van der Waals surface area contributed by atoms with Gasteiger partial charge in [0, 0.05) is 32.9 Å². The summed E-state index contributed by atoms with van der Waals surface area (Å²) >= 11 is 0. The van der Waals surface area contributed by atoms with Crippen molar-refractivity contribution in [2.75, 3.05) is 11.9 Å². The van der Waals surface area contributed by atoms with Gasteiger partial charge in [0.15, 0.2) is 0 Å². The fourth-order valence-corrected chi connectivity index (χ4v) is 2.69. The van der Waals surface area contributed by atoms with Gasteiger partial charge in [-0.15, -0.1) is 0 Å². The van der Waals surface area contributed by atoms with Crippen LogP contribution in [0.15, 0.2) is 42.5 Å². The van der Waals surface area contributed by atoms with E-state index >= 15 is 0 Å². The van der Waals surface area contributed by atoms with E-state index in [1.807, 2.05) is 0 Å². The second-order valence-electron chi connectivity index (χ2n) is 5.38. The summed E-state index contributed by atoms with van der Waals surface area (Å²) in [7, 11) is 2.09. The molecular formula is C18H22N2. The third kappa shape index (κ3) is 2.56. The van der Waals surface area contributed by atoms with Crippen LogP contribution in [0.2, 0.25) is 0 Å². The Morgan fingerprint density at radius 2 is 1.85 bits per heavy atom. The number of nitrogens with zero attached hydrogens (tertiary/aromatic N) is 1. The van der Waals surface area contributed by atoms with Gasteiger partial charge in [0.2, 0.25) is 0 Å². The molecule has 1 aliphatic rings. The first-order valence-corrected chi connectivity index (χ1v) is 7.30. The van der Waals surface area contributed by atoms with E-state index in [1.54, 1.807) is 0 Å². The Kier molecular flexibility index (Phi) is 3.40. The largest absolute Gasteiger partial charge is 0.345 e. The molecule has 0 fully saturated rings. The molecule has 104 valence electrons. The van der Waals surface area contributed by atoms with Crippen molar-refractivity contribution in [3.05, 3.63) is 59.2 Å². The molecule has 0 bridgehead atoms. The van der Waals surface area contributed by atoms with Crippen LogP contribution in [0, 0.1) is 0 Å². The van der Waals surface area contributed by atoms with Gasteiger partial charge in [-0.25, -0.2) is 0 Å². The second-order valence-corrected chi connectivity index (χ2v) is 5.38. The summed E-state index contributed by atoms with van der Waals surface area (Å²) < 4.78 is 7.89. The Hall–Kier alpha value is -1.80. The summed E-state index contributed by atoms with van der Waals surface area (Å²) in [6, 6.07) is 15.2. The van der Waals surface area contributed by atoms with Crippen molar-refractivity contribution < 1.29 is 1.37 Å². The van der Waals surface area contributed by atoms with Crippen molar-refractivity contribution in [2.24, 2.45) is 0 Å². The molecule has 0 aromatic heterocycles. The number of rotatable bonds is 4. The SMILES string of the molecule is [2H]C1NCc2cc(N(C)c3ccc(CCC)cc3)ccc21. The van der Waals surface area contributed by atoms with E-state index in [9.17, 15) is 0 Å². The molecule has 1 N–H and O–H groups in total. The van der Waals surface area contributed by atoms with Gasteiger partial charge in [0.1, 0.15) is 0 Å². The molecule has 0 radical (unpaired) electrons. The first-order valence-electron chi connectivity index (χ1n) is 7.88. The zero-order valence-electron chi connectivity index (χ0n) is 13.2. The fourth-order valence-electron chi connectivity index (χ4n) is 2.69. The van der Waals surface area contributed by atoms with Crippen LogP contribution in [-0.2, 0) is 19.5 Å². The molecule has 1 aliphatic heterocycles. The van der Waals surface area contributed by atoms with E-state index in [2.05, 4.69) is 66.7 Å². The van der Waals surface area contributed by atoms with Crippen LogP contribution in [0.3, 0.4) is 0 Å². The molecule has 0 amide bonds. The molecule has 1 atom stereocenters. The molecule has 0 saturated heterocycles. The highest BCUT2D eigenvalue weighted by Gasteiger charge is 2.12. The number of aryl methyl sites for hydroxylation is 1. The fraction of sp³-hybridized carbons (Fsp3) is 0.333. The highest BCUT2D eigenvalue weighted by Crippen LogP contribution is 2.27. The first-order chi connectivity index (χ1) is 10.2. The van der Waals surface area contributed by atoms with Crippen LogP contribution < -0.4 is 10.2 Å². The lowest BCUT2D eigenvalue weighted by Crippen LogP contribution is -2.09. The van der Waals surface area contributed by atoms with Gasteiger partial charge in [0.25, 0.3) is 0 Å². The molecule has 2 aromatic carbocycles. The van der Waals surface area contributed by atoms with Crippen molar-refractivity contribution in [1.82, 2.24) is 5.32 Å². The van der Waals surface area contributed by atoms with E-state index in [1.165, 1.54) is 28.9 Å². The Bertz CT molecular complexity index is 622. The van der Waals surface area contributed by atoms with Crippen LogP contribution in [0.5, 0.6) is 0 Å². The smallest absolute Gasteiger partial charge is 0.0479 e. The van der Waals surface area contributed by atoms with Gasteiger partial charge < -0.3 is 10.2 Å². The minimum atomic E-state index is -0.271. The number of nitrogens with one attached hydrogen (secondary N) is 1. The van der Waals surface area contributed by atoms with E-state index in [0.29, 0.717) is 0 Å². The van der Waals surface area contributed by atoms with Gasteiger partial charge in [0.05, 0.1) is 0 Å². The predicted octanol–water partition coefficient (Wildman–Crippen LogP) is 4.01. The number of anilines is 2. The van der Waals surface area contributed by atoms with Crippen molar-refractivity contribution in [2.45, 2.75) is 32.8 Å². The summed E-state index contributed by atoms with van der Waals surface area (Å²) in [5.74, 6) is 0. The molecule has 1 unspecified atom stereocenters. The van der Waals surface area contributed by atoms with E-state index in [4.69, 9.17) is 1.37 Å². The predicted molar refractivity (Wildman–Crippen MR) is 85.5 cm³/mol. The minimum Gasteiger partial charge on any atom is -0.345 e. The summed E-state index contributed by atoms with van der Waals surface area (Å²) in [4.78, 5) is 2.20. The molecule has 0 spiro atoms. The van der Waals surface area contributed by atoms with Gasteiger partial charge in [-0.05, 0) is 47.4 Å². The van der Waals surface area contributed by atoms with Crippen molar-refractivity contribution in [3.8, 4) is 0 Å². The third-order valence-electron chi connectivity index (χ3n) is 3.93. The quantitative estimate of drug-likeness (QED) is 0.900.